The van der Waals surface area contributed by atoms with E-state index in [1.807, 2.05) is 24.3 Å². The van der Waals surface area contributed by atoms with Gasteiger partial charge in [0.2, 0.25) is 0 Å². The number of hydrogen-bond donors (Lipinski definition) is 1. The maximum Gasteiger partial charge on any atom is 0.149 e. The van der Waals surface area contributed by atoms with E-state index >= 15 is 0 Å². The predicted molar refractivity (Wildman–Crippen MR) is 83.7 cm³/mol. The van der Waals surface area contributed by atoms with Gasteiger partial charge in [0.15, 0.2) is 0 Å². The molecular weight excluding hydrogens is 333 g/mol. The molecule has 1 heterocycles. The van der Waals surface area contributed by atoms with Gasteiger partial charge in [0, 0.05) is 4.47 Å². The number of hydrogen-bond acceptors (Lipinski definition) is 2. The number of nitrogens with zero attached hydrogens (tertiary/aromatic N) is 2. The van der Waals surface area contributed by atoms with Gasteiger partial charge in [0.25, 0.3) is 0 Å². The van der Waals surface area contributed by atoms with E-state index in [1.54, 1.807) is 12.1 Å². The van der Waals surface area contributed by atoms with Crippen LogP contribution in [0.1, 0.15) is 11.4 Å². The third-order valence-electron chi connectivity index (χ3n) is 3.02. The van der Waals surface area contributed by atoms with Crippen molar-refractivity contribution in [3.8, 4) is 6.07 Å². The number of halogens is 2. The number of allylic oxidation sites excluding steroid dienone is 1. The number of aromatic nitrogens is 2. The minimum absolute atomic E-state index is 0.342. The molecule has 0 unspecified atom stereocenters. The number of fused-ring (bicyclic) bond motifs is 1. The Morgan fingerprint density at radius 1 is 1.29 bits per heavy atom. The van der Waals surface area contributed by atoms with Crippen LogP contribution < -0.4 is 0 Å². The molecular formula is C16H9BrFN3. The first-order chi connectivity index (χ1) is 10.2. The van der Waals surface area contributed by atoms with Crippen molar-refractivity contribution in [1.29, 1.82) is 5.26 Å². The highest BCUT2D eigenvalue weighted by Crippen LogP contribution is 2.23. The summed E-state index contributed by atoms with van der Waals surface area (Å²) < 4.78 is 14.1. The molecule has 2 aromatic carbocycles. The fraction of sp³-hybridized carbons (Fsp3) is 0. The second kappa shape index (κ2) is 5.51. The van der Waals surface area contributed by atoms with Crippen molar-refractivity contribution in [2.75, 3.05) is 0 Å². The van der Waals surface area contributed by atoms with Crippen molar-refractivity contribution in [3.63, 3.8) is 0 Å². The van der Waals surface area contributed by atoms with E-state index in [1.165, 1.54) is 12.1 Å². The van der Waals surface area contributed by atoms with Gasteiger partial charge in [0.1, 0.15) is 17.7 Å². The molecule has 21 heavy (non-hydrogen) atoms. The fourth-order valence-corrected chi connectivity index (χ4v) is 2.41. The maximum atomic E-state index is 13.2. The molecule has 0 saturated carbocycles. The van der Waals surface area contributed by atoms with Crippen LogP contribution in [0.4, 0.5) is 4.39 Å². The third-order valence-corrected chi connectivity index (χ3v) is 3.75. The molecule has 102 valence electrons. The average Bonchev–Trinajstić information content (AvgIpc) is 2.89. The minimum atomic E-state index is -0.342. The molecule has 3 rings (SSSR count). The second-order valence-electron chi connectivity index (χ2n) is 4.44. The van der Waals surface area contributed by atoms with Crippen LogP contribution in [0.2, 0.25) is 0 Å². The number of H-pyrrole nitrogens is 1. The zero-order valence-corrected chi connectivity index (χ0v) is 12.4. The van der Waals surface area contributed by atoms with Gasteiger partial charge in [-0.05, 0) is 35.9 Å². The summed E-state index contributed by atoms with van der Waals surface area (Å²) in [7, 11) is 0. The highest BCUT2D eigenvalue weighted by Gasteiger charge is 2.09. The molecule has 3 nitrogen and oxygen atoms in total. The van der Waals surface area contributed by atoms with Crippen LogP contribution in [0.3, 0.4) is 0 Å². The van der Waals surface area contributed by atoms with Gasteiger partial charge in [-0.15, -0.1) is 0 Å². The molecule has 0 atom stereocenters. The summed E-state index contributed by atoms with van der Waals surface area (Å²) in [6.07, 6.45) is 1.73. The lowest BCUT2D eigenvalue weighted by Gasteiger charge is -1.98. The van der Waals surface area contributed by atoms with E-state index in [4.69, 9.17) is 0 Å². The van der Waals surface area contributed by atoms with Crippen molar-refractivity contribution >= 4 is 38.6 Å². The van der Waals surface area contributed by atoms with Crippen LogP contribution in [0.25, 0.3) is 22.7 Å². The molecule has 0 aliphatic rings. The molecule has 0 aliphatic carbocycles. The molecule has 3 aromatic rings. The standard InChI is InChI=1S/C16H9BrFN3/c17-13-4-2-1-3-10(13)7-11(9-19)16-20-14-6-5-12(18)8-15(14)21-16/h1-8H,(H,20,21)/b11-7-. The first-order valence-corrected chi connectivity index (χ1v) is 6.98. The highest BCUT2D eigenvalue weighted by molar-refractivity contribution is 9.10. The summed E-state index contributed by atoms with van der Waals surface area (Å²) in [6.45, 7) is 0. The minimum Gasteiger partial charge on any atom is -0.337 e. The van der Waals surface area contributed by atoms with Crippen molar-refractivity contribution < 1.29 is 4.39 Å². The van der Waals surface area contributed by atoms with Crippen molar-refractivity contribution in [3.05, 3.63) is 64.1 Å². The molecule has 1 N–H and O–H groups in total. The molecule has 0 aliphatic heterocycles. The van der Waals surface area contributed by atoms with E-state index in [-0.39, 0.29) is 5.82 Å². The fourth-order valence-electron chi connectivity index (χ4n) is 2.01. The summed E-state index contributed by atoms with van der Waals surface area (Å²) in [6, 6.07) is 14.0. The van der Waals surface area contributed by atoms with Crippen molar-refractivity contribution in [1.82, 2.24) is 9.97 Å². The molecule has 0 fully saturated rings. The maximum absolute atomic E-state index is 13.2. The van der Waals surface area contributed by atoms with Gasteiger partial charge in [-0.3, -0.25) is 0 Å². The number of nitriles is 1. The first kappa shape index (κ1) is 13.5. The van der Waals surface area contributed by atoms with E-state index in [9.17, 15) is 9.65 Å². The van der Waals surface area contributed by atoms with E-state index in [0.717, 1.165) is 10.0 Å². The summed E-state index contributed by atoms with van der Waals surface area (Å²) >= 11 is 3.44. The predicted octanol–water partition coefficient (Wildman–Crippen LogP) is 4.53. The van der Waals surface area contributed by atoms with Crippen molar-refractivity contribution in [2.24, 2.45) is 0 Å². The van der Waals surface area contributed by atoms with Crippen LogP contribution in [0.15, 0.2) is 46.9 Å². The number of rotatable bonds is 2. The lowest BCUT2D eigenvalue weighted by molar-refractivity contribution is 0.629. The van der Waals surface area contributed by atoms with Crippen LogP contribution in [0.5, 0.6) is 0 Å². The average molecular weight is 342 g/mol. The van der Waals surface area contributed by atoms with Crippen LogP contribution >= 0.6 is 15.9 Å². The van der Waals surface area contributed by atoms with Gasteiger partial charge in [0.05, 0.1) is 16.6 Å². The van der Waals surface area contributed by atoms with Gasteiger partial charge in [-0.1, -0.05) is 34.1 Å². The van der Waals surface area contributed by atoms with Crippen LogP contribution in [0, 0.1) is 17.1 Å². The molecule has 5 heteroatoms. The molecule has 0 amide bonds. The Hall–Kier alpha value is -2.45. The van der Waals surface area contributed by atoms with E-state index in [0.29, 0.717) is 22.4 Å². The topological polar surface area (TPSA) is 52.5 Å². The second-order valence-corrected chi connectivity index (χ2v) is 5.29. The lowest BCUT2D eigenvalue weighted by Crippen LogP contribution is -1.85. The highest BCUT2D eigenvalue weighted by atomic mass is 79.9. The quantitative estimate of drug-likeness (QED) is 0.696. The zero-order valence-electron chi connectivity index (χ0n) is 10.8. The van der Waals surface area contributed by atoms with Gasteiger partial charge in [-0.25, -0.2) is 9.37 Å². The first-order valence-electron chi connectivity index (χ1n) is 6.19. The van der Waals surface area contributed by atoms with Crippen LogP contribution in [-0.4, -0.2) is 9.97 Å². The summed E-state index contributed by atoms with van der Waals surface area (Å²) in [5, 5.41) is 9.34. The number of aromatic amines is 1. The van der Waals surface area contributed by atoms with Crippen LogP contribution in [-0.2, 0) is 0 Å². The van der Waals surface area contributed by atoms with Gasteiger partial charge in [-0.2, -0.15) is 5.26 Å². The number of nitrogens with one attached hydrogen (secondary N) is 1. The molecule has 0 saturated heterocycles. The molecule has 0 radical (unpaired) electrons. The number of imidazole rings is 1. The zero-order chi connectivity index (χ0) is 14.8. The summed E-state index contributed by atoms with van der Waals surface area (Å²) in [4.78, 5) is 7.29. The molecule has 0 spiro atoms. The third kappa shape index (κ3) is 2.71. The lowest BCUT2D eigenvalue weighted by atomic mass is 10.1. The summed E-state index contributed by atoms with van der Waals surface area (Å²) in [5.41, 5.74) is 2.46. The van der Waals surface area contributed by atoms with Gasteiger partial charge < -0.3 is 4.98 Å². The Morgan fingerprint density at radius 2 is 2.10 bits per heavy atom. The summed E-state index contributed by atoms with van der Waals surface area (Å²) in [5.74, 6) is 0.0832. The molecule has 0 bridgehead atoms. The Morgan fingerprint density at radius 3 is 2.86 bits per heavy atom. The monoisotopic (exact) mass is 341 g/mol. The Bertz CT molecular complexity index is 890. The SMILES string of the molecule is N#C/C(=C/c1ccccc1Br)c1nc2ccc(F)cc2[nH]1. The van der Waals surface area contributed by atoms with Crippen molar-refractivity contribution in [2.45, 2.75) is 0 Å². The Kier molecular flexibility index (Phi) is 3.55. The Labute approximate surface area is 128 Å². The van der Waals surface area contributed by atoms with E-state index in [2.05, 4.69) is 32.0 Å². The van der Waals surface area contributed by atoms with E-state index < -0.39 is 0 Å². The largest absolute Gasteiger partial charge is 0.337 e. The smallest absolute Gasteiger partial charge is 0.149 e. The normalized spacial score (nSPS) is 11.6. The number of benzene rings is 2. The Balaban J connectivity index is 2.10. The van der Waals surface area contributed by atoms with Gasteiger partial charge >= 0.3 is 0 Å². The molecule has 1 aromatic heterocycles.